The Balaban J connectivity index is 2.21. The van der Waals surface area contributed by atoms with Gasteiger partial charge in [0.2, 0.25) is 15.9 Å². The zero-order valence-corrected chi connectivity index (χ0v) is 23.7. The van der Waals surface area contributed by atoms with E-state index in [0.717, 1.165) is 33.1 Å². The summed E-state index contributed by atoms with van der Waals surface area (Å²) < 4.78 is 28.4. The molecule has 0 radical (unpaired) electrons. The third-order valence-corrected chi connectivity index (χ3v) is 10.2. The summed E-state index contributed by atoms with van der Waals surface area (Å²) in [6.45, 7) is 17.3. The van der Waals surface area contributed by atoms with Crippen molar-refractivity contribution in [3.63, 3.8) is 0 Å². The molecular formula is C25H34N2O3SSi2. The number of nitrogens with one attached hydrogen (secondary N) is 1. The van der Waals surface area contributed by atoms with Gasteiger partial charge in [-0.3, -0.25) is 4.79 Å². The van der Waals surface area contributed by atoms with E-state index in [-0.39, 0.29) is 12.5 Å². The molecule has 1 amide bonds. The molecule has 1 aliphatic rings. The molecule has 33 heavy (non-hydrogen) atoms. The number of hydrogen-bond donors (Lipinski definition) is 1. The van der Waals surface area contributed by atoms with Crippen LogP contribution in [0.25, 0.3) is 0 Å². The Kier molecular flexibility index (Phi) is 6.84. The molecule has 0 unspecified atom stereocenters. The molecule has 0 atom stereocenters. The van der Waals surface area contributed by atoms with Gasteiger partial charge in [-0.25, -0.2) is 8.42 Å². The van der Waals surface area contributed by atoms with E-state index in [4.69, 9.17) is 0 Å². The molecule has 0 aromatic heterocycles. The van der Waals surface area contributed by atoms with Crippen molar-refractivity contribution in [1.29, 1.82) is 0 Å². The van der Waals surface area contributed by atoms with Gasteiger partial charge >= 0.3 is 0 Å². The fourth-order valence-electron chi connectivity index (χ4n) is 4.01. The molecule has 1 heterocycles. The second kappa shape index (κ2) is 8.87. The van der Waals surface area contributed by atoms with Gasteiger partial charge in [0.05, 0.1) is 13.0 Å². The minimum atomic E-state index is -3.65. The van der Waals surface area contributed by atoms with Crippen LogP contribution in [0.5, 0.6) is 0 Å². The van der Waals surface area contributed by atoms with Gasteiger partial charge in [0, 0.05) is 31.3 Å². The number of anilines is 1. The number of carbonyl (C=O) groups excluding carboxylic acids is 1. The first-order chi connectivity index (χ1) is 15.1. The molecular weight excluding hydrogens is 465 g/mol. The van der Waals surface area contributed by atoms with Crippen LogP contribution in [0.4, 0.5) is 5.69 Å². The second-order valence-corrected chi connectivity index (χ2v) is 22.5. The number of amides is 1. The Hall–Kier alpha value is -2.19. The third kappa shape index (κ3) is 5.66. The van der Waals surface area contributed by atoms with E-state index in [0.29, 0.717) is 11.4 Å². The highest BCUT2D eigenvalue weighted by Gasteiger charge is 2.36. The SMILES string of the molecule is CC(=O)Nc1cc2c(c(C#C[Si](C)(C)C)c1[Si](C)(C)C)CN(S(=O)(=O)c1ccc(C)cc1)C2. The van der Waals surface area contributed by atoms with Crippen LogP contribution in [0.1, 0.15) is 29.2 Å². The number of aryl methyl sites for hydroxylation is 1. The van der Waals surface area contributed by atoms with E-state index in [1.807, 2.05) is 25.1 Å². The summed E-state index contributed by atoms with van der Waals surface area (Å²) in [5.74, 6) is 3.33. The van der Waals surface area contributed by atoms with Crippen molar-refractivity contribution in [2.24, 2.45) is 0 Å². The van der Waals surface area contributed by atoms with Crippen molar-refractivity contribution in [3.8, 4) is 11.5 Å². The summed E-state index contributed by atoms with van der Waals surface area (Å²) in [7, 11) is -7.27. The zero-order valence-electron chi connectivity index (χ0n) is 20.9. The van der Waals surface area contributed by atoms with Gasteiger partial charge in [0.25, 0.3) is 0 Å². The summed E-state index contributed by atoms with van der Waals surface area (Å²) in [5, 5.41) is 4.10. The van der Waals surface area contributed by atoms with Crippen LogP contribution in [-0.2, 0) is 27.9 Å². The fraction of sp³-hybridized carbons (Fsp3) is 0.400. The smallest absolute Gasteiger partial charge is 0.243 e. The van der Waals surface area contributed by atoms with Crippen LogP contribution >= 0.6 is 0 Å². The molecule has 0 spiro atoms. The van der Waals surface area contributed by atoms with E-state index in [1.54, 1.807) is 12.1 Å². The number of rotatable bonds is 4. The van der Waals surface area contributed by atoms with E-state index in [1.165, 1.54) is 11.2 Å². The molecule has 0 bridgehead atoms. The molecule has 176 valence electrons. The largest absolute Gasteiger partial charge is 0.326 e. The molecule has 0 aliphatic carbocycles. The fourth-order valence-corrected chi connectivity index (χ4v) is 7.80. The van der Waals surface area contributed by atoms with Gasteiger partial charge in [-0.2, -0.15) is 4.31 Å². The zero-order chi connectivity index (χ0) is 24.8. The predicted octanol–water partition coefficient (Wildman–Crippen LogP) is 4.43. The van der Waals surface area contributed by atoms with Crippen LogP contribution < -0.4 is 10.5 Å². The topological polar surface area (TPSA) is 66.5 Å². The molecule has 0 saturated carbocycles. The van der Waals surface area contributed by atoms with Gasteiger partial charge < -0.3 is 5.32 Å². The van der Waals surface area contributed by atoms with Crippen molar-refractivity contribution >= 4 is 43.0 Å². The molecule has 0 fully saturated rings. The summed E-state index contributed by atoms with van der Waals surface area (Å²) in [6.07, 6.45) is 0. The first-order valence-corrected chi connectivity index (χ1v) is 19.6. The minimum Gasteiger partial charge on any atom is -0.326 e. The average molecular weight is 499 g/mol. The number of carbonyl (C=O) groups is 1. The Morgan fingerprint density at radius 3 is 2.15 bits per heavy atom. The second-order valence-electron chi connectivity index (χ2n) is 10.8. The third-order valence-electron chi connectivity index (χ3n) is 5.49. The minimum absolute atomic E-state index is 0.138. The lowest BCUT2D eigenvalue weighted by Crippen LogP contribution is -2.42. The molecule has 1 N–H and O–H groups in total. The number of benzene rings is 2. The van der Waals surface area contributed by atoms with Gasteiger partial charge in [0.15, 0.2) is 0 Å². The van der Waals surface area contributed by atoms with Crippen LogP contribution in [-0.4, -0.2) is 34.8 Å². The van der Waals surface area contributed by atoms with Gasteiger partial charge in [0.1, 0.15) is 8.07 Å². The van der Waals surface area contributed by atoms with E-state index >= 15 is 0 Å². The molecule has 5 nitrogen and oxygen atoms in total. The van der Waals surface area contributed by atoms with Crippen LogP contribution in [0.2, 0.25) is 39.3 Å². The monoisotopic (exact) mass is 498 g/mol. The van der Waals surface area contributed by atoms with Crippen molar-refractivity contribution in [2.75, 3.05) is 5.32 Å². The van der Waals surface area contributed by atoms with Gasteiger partial charge in [-0.15, -0.1) is 5.54 Å². The summed E-state index contributed by atoms with van der Waals surface area (Å²) >= 11 is 0. The summed E-state index contributed by atoms with van der Waals surface area (Å²) in [4.78, 5) is 12.3. The van der Waals surface area contributed by atoms with Gasteiger partial charge in [-0.1, -0.05) is 62.9 Å². The predicted molar refractivity (Wildman–Crippen MR) is 142 cm³/mol. The lowest BCUT2D eigenvalue weighted by Gasteiger charge is -2.25. The maximum absolute atomic E-state index is 13.4. The highest BCUT2D eigenvalue weighted by Crippen LogP contribution is 2.33. The Labute approximate surface area is 200 Å². The number of nitrogens with zero attached hydrogens (tertiary/aromatic N) is 1. The van der Waals surface area contributed by atoms with E-state index in [9.17, 15) is 13.2 Å². The maximum Gasteiger partial charge on any atom is 0.243 e. The molecule has 1 aliphatic heterocycles. The van der Waals surface area contributed by atoms with Crippen LogP contribution in [0.3, 0.4) is 0 Å². The Bertz CT molecular complexity index is 1260. The Morgan fingerprint density at radius 2 is 1.64 bits per heavy atom. The van der Waals surface area contributed by atoms with Crippen molar-refractivity contribution in [3.05, 3.63) is 52.6 Å². The molecule has 2 aromatic carbocycles. The highest BCUT2D eigenvalue weighted by molar-refractivity contribution is 7.89. The lowest BCUT2D eigenvalue weighted by molar-refractivity contribution is -0.114. The van der Waals surface area contributed by atoms with Crippen LogP contribution in [0, 0.1) is 18.4 Å². The number of hydrogen-bond acceptors (Lipinski definition) is 3. The van der Waals surface area contributed by atoms with Crippen molar-refractivity contribution in [1.82, 2.24) is 4.31 Å². The molecule has 8 heteroatoms. The van der Waals surface area contributed by atoms with Crippen molar-refractivity contribution < 1.29 is 13.2 Å². The first kappa shape index (κ1) is 25.4. The van der Waals surface area contributed by atoms with E-state index in [2.05, 4.69) is 56.1 Å². The quantitative estimate of drug-likeness (QED) is 0.501. The summed E-state index contributed by atoms with van der Waals surface area (Å²) in [5.41, 5.74) is 8.08. The average Bonchev–Trinajstić information content (AvgIpc) is 3.09. The number of fused-ring (bicyclic) bond motifs is 1. The lowest BCUT2D eigenvalue weighted by atomic mass is 10.0. The molecule has 2 aromatic rings. The Morgan fingerprint density at radius 1 is 1.03 bits per heavy atom. The normalized spacial score (nSPS) is 14.4. The molecule has 0 saturated heterocycles. The van der Waals surface area contributed by atoms with E-state index < -0.39 is 26.2 Å². The first-order valence-electron chi connectivity index (χ1n) is 11.2. The van der Waals surface area contributed by atoms with Crippen LogP contribution in [0.15, 0.2) is 35.2 Å². The maximum atomic E-state index is 13.4. The standard InChI is InChI=1S/C25H34N2O3SSi2/c1-18-9-11-21(12-10-18)31(29,30)27-16-20-15-24(26-19(2)28)25(33(6,7)8)22(23(20)17-27)13-14-32(3,4)5/h9-12,15H,16-17H2,1-8H3,(H,26,28). The summed E-state index contributed by atoms with van der Waals surface area (Å²) in [6, 6.07) is 8.93. The molecule has 3 rings (SSSR count). The number of sulfonamides is 1. The highest BCUT2D eigenvalue weighted by atomic mass is 32.2. The van der Waals surface area contributed by atoms with Gasteiger partial charge in [-0.05, 0) is 41.4 Å². The van der Waals surface area contributed by atoms with Crippen molar-refractivity contribution in [2.45, 2.75) is 71.1 Å².